The van der Waals surface area contributed by atoms with E-state index >= 15 is 0 Å². The summed E-state index contributed by atoms with van der Waals surface area (Å²) in [6.45, 7) is 7.11. The normalized spacial score (nSPS) is 39.7. The highest BCUT2D eigenvalue weighted by molar-refractivity contribution is 6.32. The number of carbonyl (C=O) groups excluding carboxylic acids is 1. The molecule has 3 aliphatic carbocycles. The number of aliphatic hydroxyl groups is 4. The quantitative estimate of drug-likeness (QED) is 0.429. The monoisotopic (exact) mass is 468 g/mol. The lowest BCUT2D eigenvalue weighted by Gasteiger charge is -2.68. The van der Waals surface area contributed by atoms with Gasteiger partial charge in [0.15, 0.2) is 0 Å². The molecule has 8 heteroatoms. The van der Waals surface area contributed by atoms with Crippen LogP contribution in [0.5, 0.6) is 5.75 Å². The highest BCUT2D eigenvalue weighted by Crippen LogP contribution is 2.69. The Morgan fingerprint density at radius 2 is 1.88 bits per heavy atom. The van der Waals surface area contributed by atoms with E-state index in [1.807, 2.05) is 6.92 Å². The van der Waals surface area contributed by atoms with Gasteiger partial charge in [0.05, 0.1) is 36.4 Å². The number of phenols is 1. The van der Waals surface area contributed by atoms with Gasteiger partial charge in [-0.15, -0.1) is 0 Å². The van der Waals surface area contributed by atoms with Gasteiger partial charge in [-0.3, -0.25) is 0 Å². The van der Waals surface area contributed by atoms with E-state index in [4.69, 9.17) is 16.3 Å². The number of aromatic hydroxyl groups is 1. The molecule has 0 heterocycles. The van der Waals surface area contributed by atoms with E-state index in [0.29, 0.717) is 12.0 Å². The van der Waals surface area contributed by atoms with E-state index in [-0.39, 0.29) is 52.4 Å². The minimum Gasteiger partial charge on any atom is -0.507 e. The van der Waals surface area contributed by atoms with Crippen molar-refractivity contribution < 1.29 is 35.1 Å². The molecule has 5 N–H and O–H groups in total. The van der Waals surface area contributed by atoms with Gasteiger partial charge in [0.1, 0.15) is 16.9 Å². The maximum Gasteiger partial charge on any atom is 0.342 e. The van der Waals surface area contributed by atoms with Crippen molar-refractivity contribution in [3.05, 3.63) is 27.8 Å². The van der Waals surface area contributed by atoms with Crippen LogP contribution in [-0.2, 0) is 11.3 Å². The zero-order valence-electron chi connectivity index (χ0n) is 18.9. The summed E-state index contributed by atoms with van der Waals surface area (Å²) < 4.78 is 5.49. The molecule has 0 aromatic heterocycles. The van der Waals surface area contributed by atoms with Crippen LogP contribution in [0.3, 0.4) is 0 Å². The van der Waals surface area contributed by atoms with Gasteiger partial charge in [0.25, 0.3) is 0 Å². The number of ether oxygens (including phenoxy) is 1. The van der Waals surface area contributed by atoms with E-state index in [1.54, 1.807) is 6.92 Å². The van der Waals surface area contributed by atoms with Gasteiger partial charge >= 0.3 is 5.97 Å². The van der Waals surface area contributed by atoms with E-state index in [0.717, 1.165) is 12.8 Å². The average Bonchev–Trinajstić information content (AvgIpc) is 3.05. The molecule has 3 fully saturated rings. The summed E-state index contributed by atoms with van der Waals surface area (Å²) in [6.07, 6.45) is 0.149. The molecule has 178 valence electrons. The SMILES string of the molecule is Cc1c(Cl)c(CO)cc(O)c1C(=O)OC[C@@H]1[C@@H](O)[C@@H]2CC(C)(C)C[C@@H]2[C@@]2(C)C[C@@H](O)[C@@]12O. The Balaban J connectivity index is 1.61. The summed E-state index contributed by atoms with van der Waals surface area (Å²) in [5.41, 5.74) is -1.69. The average molecular weight is 469 g/mol. The van der Waals surface area contributed by atoms with Crippen molar-refractivity contribution in [2.24, 2.45) is 28.6 Å². The minimum absolute atomic E-state index is 0.0143. The molecule has 0 spiro atoms. The number of rotatable bonds is 4. The fraction of sp³-hybridized carbons (Fsp3) is 0.708. The molecular formula is C24H33ClO7. The van der Waals surface area contributed by atoms with Gasteiger partial charge in [0.2, 0.25) is 0 Å². The molecule has 0 saturated heterocycles. The number of benzene rings is 1. The fourth-order valence-electron chi connectivity index (χ4n) is 6.99. The van der Waals surface area contributed by atoms with Crippen molar-refractivity contribution in [2.75, 3.05) is 6.61 Å². The third-order valence-electron chi connectivity index (χ3n) is 8.67. The first-order chi connectivity index (χ1) is 14.8. The summed E-state index contributed by atoms with van der Waals surface area (Å²) in [4.78, 5) is 12.9. The van der Waals surface area contributed by atoms with E-state index in [9.17, 15) is 30.3 Å². The van der Waals surface area contributed by atoms with E-state index in [1.165, 1.54) is 6.07 Å². The van der Waals surface area contributed by atoms with Gasteiger partial charge in [-0.05, 0) is 55.1 Å². The van der Waals surface area contributed by atoms with Crippen LogP contribution in [0.25, 0.3) is 0 Å². The smallest absolute Gasteiger partial charge is 0.342 e. The molecule has 0 unspecified atom stereocenters. The van der Waals surface area contributed by atoms with Crippen LogP contribution in [-0.4, -0.2) is 55.9 Å². The maximum absolute atomic E-state index is 12.9. The van der Waals surface area contributed by atoms with Crippen molar-refractivity contribution in [3.63, 3.8) is 0 Å². The first kappa shape index (κ1) is 23.8. The Kier molecular flexibility index (Phi) is 5.62. The molecule has 32 heavy (non-hydrogen) atoms. The first-order valence-electron chi connectivity index (χ1n) is 11.2. The Hall–Kier alpha value is -1.38. The van der Waals surface area contributed by atoms with Crippen molar-refractivity contribution >= 4 is 17.6 Å². The number of halogens is 1. The topological polar surface area (TPSA) is 127 Å². The molecule has 3 aliphatic rings. The zero-order chi connectivity index (χ0) is 23.8. The third-order valence-corrected chi connectivity index (χ3v) is 9.20. The molecule has 0 bridgehead atoms. The van der Waals surface area contributed by atoms with Crippen LogP contribution in [0, 0.1) is 35.5 Å². The molecule has 0 aliphatic heterocycles. The van der Waals surface area contributed by atoms with Gasteiger partial charge in [-0.2, -0.15) is 0 Å². The highest BCUT2D eigenvalue weighted by Gasteiger charge is 2.75. The lowest BCUT2D eigenvalue weighted by molar-refractivity contribution is -0.334. The molecule has 7 nitrogen and oxygen atoms in total. The van der Waals surface area contributed by atoms with Gasteiger partial charge in [-0.25, -0.2) is 4.79 Å². The summed E-state index contributed by atoms with van der Waals surface area (Å²) >= 11 is 6.19. The predicted molar refractivity (Wildman–Crippen MR) is 117 cm³/mol. The number of hydrogen-bond donors (Lipinski definition) is 5. The lowest BCUT2D eigenvalue weighted by atomic mass is 9.40. The van der Waals surface area contributed by atoms with E-state index < -0.39 is 35.1 Å². The molecule has 4 rings (SSSR count). The number of esters is 1. The van der Waals surface area contributed by atoms with Crippen LogP contribution in [0.1, 0.15) is 61.5 Å². The third kappa shape index (κ3) is 3.12. The predicted octanol–water partition coefficient (Wildman–Crippen LogP) is 2.55. The fourth-order valence-corrected chi connectivity index (χ4v) is 7.20. The zero-order valence-corrected chi connectivity index (χ0v) is 19.7. The van der Waals surface area contributed by atoms with Crippen molar-refractivity contribution in [1.82, 2.24) is 0 Å². The van der Waals surface area contributed by atoms with Gasteiger partial charge in [0, 0.05) is 11.0 Å². The summed E-state index contributed by atoms with van der Waals surface area (Å²) in [6, 6.07) is 1.22. The molecule has 1 aromatic rings. The first-order valence-corrected chi connectivity index (χ1v) is 11.5. The second kappa shape index (κ2) is 7.57. The van der Waals surface area contributed by atoms with Crippen LogP contribution >= 0.6 is 11.6 Å². The minimum atomic E-state index is -1.57. The Morgan fingerprint density at radius 3 is 2.47 bits per heavy atom. The van der Waals surface area contributed by atoms with E-state index in [2.05, 4.69) is 13.8 Å². The van der Waals surface area contributed by atoms with Crippen molar-refractivity contribution in [1.29, 1.82) is 0 Å². The second-order valence-corrected chi connectivity index (χ2v) is 11.4. The van der Waals surface area contributed by atoms with Crippen LogP contribution < -0.4 is 0 Å². The molecular weight excluding hydrogens is 436 g/mol. The number of phenolic OH excluding ortho intramolecular Hbond substituents is 1. The molecule has 0 radical (unpaired) electrons. The number of fused-ring (bicyclic) bond motifs is 3. The largest absolute Gasteiger partial charge is 0.507 e. The lowest BCUT2D eigenvalue weighted by Crippen LogP contribution is -2.78. The molecule has 3 saturated carbocycles. The van der Waals surface area contributed by atoms with Crippen LogP contribution in [0.2, 0.25) is 5.02 Å². The number of aliphatic hydroxyl groups excluding tert-OH is 3. The van der Waals surface area contributed by atoms with Crippen LogP contribution in [0.15, 0.2) is 6.07 Å². The molecule has 1 aromatic carbocycles. The summed E-state index contributed by atoms with van der Waals surface area (Å²) in [5, 5.41) is 53.2. The van der Waals surface area contributed by atoms with Gasteiger partial charge < -0.3 is 30.3 Å². The number of carbonyl (C=O) groups is 1. The Labute approximate surface area is 193 Å². The standard InChI is InChI=1S/C24H33ClO7/c1-11-18(16(27)5-12(9-26)19(11)25)21(30)32-10-15-20(29)13-6-22(2,3)7-14(13)23(4)8-17(28)24(15,23)31/h5,13-15,17,20,26-29,31H,6-10H2,1-4H3/t13-,14+,15-,17-,20+,23-,24+/m1/s1. The second-order valence-electron chi connectivity index (χ2n) is 11.0. The molecule has 7 atom stereocenters. The summed E-state index contributed by atoms with van der Waals surface area (Å²) in [5.74, 6) is -2.05. The van der Waals surface area contributed by atoms with Crippen molar-refractivity contribution in [2.45, 2.75) is 71.4 Å². The maximum atomic E-state index is 12.9. The Morgan fingerprint density at radius 1 is 1.22 bits per heavy atom. The Bertz CT molecular complexity index is 947. The van der Waals surface area contributed by atoms with Crippen molar-refractivity contribution in [3.8, 4) is 5.75 Å². The summed E-state index contributed by atoms with van der Waals surface area (Å²) in [7, 11) is 0. The van der Waals surface area contributed by atoms with Gasteiger partial charge in [-0.1, -0.05) is 32.4 Å². The van der Waals surface area contributed by atoms with Crippen LogP contribution in [0.4, 0.5) is 0 Å². The molecule has 0 amide bonds. The number of hydrogen-bond acceptors (Lipinski definition) is 7. The highest BCUT2D eigenvalue weighted by atomic mass is 35.5.